The summed E-state index contributed by atoms with van der Waals surface area (Å²) in [6.07, 6.45) is 8.44. The molecular formula is C22H27N3O2. The predicted octanol–water partition coefficient (Wildman–Crippen LogP) is 5.07. The van der Waals surface area contributed by atoms with Gasteiger partial charge >= 0.3 is 0 Å². The molecule has 1 aliphatic rings. The fraction of sp³-hybridized carbons (Fsp3) is 0.409. The fourth-order valence-electron chi connectivity index (χ4n) is 3.97. The minimum Gasteiger partial charge on any atom is -0.493 e. The van der Waals surface area contributed by atoms with Crippen LogP contribution in [0.4, 0.5) is 5.82 Å². The number of ether oxygens (including phenoxy) is 2. The van der Waals surface area contributed by atoms with Crippen LogP contribution >= 0.6 is 0 Å². The third-order valence-electron chi connectivity index (χ3n) is 5.45. The zero-order chi connectivity index (χ0) is 18.8. The summed E-state index contributed by atoms with van der Waals surface area (Å²) in [6, 6.07) is 10.7. The van der Waals surface area contributed by atoms with Crippen molar-refractivity contribution in [2.45, 2.75) is 45.1 Å². The van der Waals surface area contributed by atoms with Crippen molar-refractivity contribution in [3.8, 4) is 22.8 Å². The van der Waals surface area contributed by atoms with E-state index in [9.17, 15) is 0 Å². The Morgan fingerprint density at radius 2 is 1.81 bits per heavy atom. The van der Waals surface area contributed by atoms with Crippen LogP contribution < -0.4 is 14.8 Å². The van der Waals surface area contributed by atoms with Crippen molar-refractivity contribution < 1.29 is 9.47 Å². The quantitative estimate of drug-likeness (QED) is 0.686. The number of benzene rings is 1. The molecule has 1 aromatic carbocycles. The number of nitrogens with zero attached hydrogens (tertiary/aromatic N) is 2. The van der Waals surface area contributed by atoms with Crippen LogP contribution in [-0.2, 0) is 0 Å². The maximum Gasteiger partial charge on any atom is 0.161 e. The molecule has 2 aromatic heterocycles. The third kappa shape index (κ3) is 3.34. The lowest BCUT2D eigenvalue weighted by Gasteiger charge is -2.24. The Morgan fingerprint density at radius 3 is 2.56 bits per heavy atom. The summed E-state index contributed by atoms with van der Waals surface area (Å²) in [5, 5.41) is 3.79. The zero-order valence-electron chi connectivity index (χ0n) is 16.3. The Morgan fingerprint density at radius 1 is 1.04 bits per heavy atom. The van der Waals surface area contributed by atoms with Crippen molar-refractivity contribution in [3.63, 3.8) is 0 Å². The maximum atomic E-state index is 5.51. The molecule has 142 valence electrons. The SMILES string of the molecule is COc1ccc(-c2nc3c(C)cccn3c2NC2CCCCC2)cc1OC. The molecule has 0 saturated heterocycles. The number of nitrogens with one attached hydrogen (secondary N) is 1. The van der Waals surface area contributed by atoms with Gasteiger partial charge in [0.2, 0.25) is 0 Å². The molecule has 1 aliphatic carbocycles. The first-order valence-electron chi connectivity index (χ1n) is 9.68. The van der Waals surface area contributed by atoms with Crippen molar-refractivity contribution >= 4 is 11.5 Å². The number of hydrogen-bond acceptors (Lipinski definition) is 4. The van der Waals surface area contributed by atoms with Crippen molar-refractivity contribution in [3.05, 3.63) is 42.1 Å². The second-order valence-electron chi connectivity index (χ2n) is 7.24. The summed E-state index contributed by atoms with van der Waals surface area (Å²) in [7, 11) is 3.32. The van der Waals surface area contributed by atoms with E-state index in [4.69, 9.17) is 14.5 Å². The number of imidazole rings is 1. The monoisotopic (exact) mass is 365 g/mol. The van der Waals surface area contributed by atoms with Crippen LogP contribution in [0.5, 0.6) is 11.5 Å². The lowest BCUT2D eigenvalue weighted by molar-refractivity contribution is 0.355. The maximum absolute atomic E-state index is 5.51. The van der Waals surface area contributed by atoms with E-state index >= 15 is 0 Å². The van der Waals surface area contributed by atoms with Gasteiger partial charge in [-0.25, -0.2) is 4.98 Å². The molecule has 1 fully saturated rings. The van der Waals surface area contributed by atoms with Gasteiger partial charge in [0.05, 0.1) is 14.2 Å². The summed E-state index contributed by atoms with van der Waals surface area (Å²) >= 11 is 0. The van der Waals surface area contributed by atoms with E-state index in [0.29, 0.717) is 11.8 Å². The van der Waals surface area contributed by atoms with Crippen LogP contribution in [0.2, 0.25) is 0 Å². The van der Waals surface area contributed by atoms with E-state index in [1.807, 2.05) is 18.2 Å². The Bertz CT molecular complexity index is 942. The standard InChI is InChI=1S/C22H27N3O2/c1-15-8-7-13-25-21(15)24-20(22(25)23-17-9-5-4-6-10-17)16-11-12-18(26-2)19(14-16)27-3/h7-8,11-14,17,23H,4-6,9-10H2,1-3H3. The first kappa shape index (κ1) is 17.7. The van der Waals surface area contributed by atoms with Crippen molar-refractivity contribution in [1.29, 1.82) is 0 Å². The number of methoxy groups -OCH3 is 2. The first-order valence-corrected chi connectivity index (χ1v) is 9.68. The number of anilines is 1. The topological polar surface area (TPSA) is 47.8 Å². The van der Waals surface area contributed by atoms with Crippen LogP contribution in [0.3, 0.4) is 0 Å². The molecule has 0 radical (unpaired) electrons. The van der Waals surface area contributed by atoms with E-state index < -0.39 is 0 Å². The normalized spacial score (nSPS) is 15.1. The van der Waals surface area contributed by atoms with E-state index in [0.717, 1.165) is 34.0 Å². The van der Waals surface area contributed by atoms with Gasteiger partial charge in [-0.3, -0.25) is 4.40 Å². The fourth-order valence-corrected chi connectivity index (χ4v) is 3.97. The van der Waals surface area contributed by atoms with Crippen molar-refractivity contribution in [2.24, 2.45) is 0 Å². The molecular weight excluding hydrogens is 338 g/mol. The predicted molar refractivity (Wildman–Crippen MR) is 109 cm³/mol. The van der Waals surface area contributed by atoms with E-state index in [2.05, 4.69) is 35.0 Å². The highest BCUT2D eigenvalue weighted by Crippen LogP contribution is 2.37. The summed E-state index contributed by atoms with van der Waals surface area (Å²) < 4.78 is 13.1. The second-order valence-corrected chi connectivity index (χ2v) is 7.24. The smallest absolute Gasteiger partial charge is 0.161 e. The zero-order valence-corrected chi connectivity index (χ0v) is 16.3. The van der Waals surface area contributed by atoms with Gasteiger partial charge in [0.25, 0.3) is 0 Å². The summed E-state index contributed by atoms with van der Waals surface area (Å²) in [5.74, 6) is 2.50. The number of aryl methyl sites for hydroxylation is 1. The third-order valence-corrected chi connectivity index (χ3v) is 5.45. The molecule has 2 heterocycles. The minimum absolute atomic E-state index is 0.498. The molecule has 0 bridgehead atoms. The number of aromatic nitrogens is 2. The largest absolute Gasteiger partial charge is 0.493 e. The number of fused-ring (bicyclic) bond motifs is 1. The van der Waals surface area contributed by atoms with Crippen LogP contribution in [-0.4, -0.2) is 29.6 Å². The van der Waals surface area contributed by atoms with Crippen LogP contribution in [0.15, 0.2) is 36.5 Å². The van der Waals surface area contributed by atoms with Gasteiger partial charge in [-0.2, -0.15) is 0 Å². The van der Waals surface area contributed by atoms with Gasteiger partial charge in [0.15, 0.2) is 11.5 Å². The van der Waals surface area contributed by atoms with E-state index in [1.54, 1.807) is 14.2 Å². The first-order chi connectivity index (χ1) is 13.2. The molecule has 0 spiro atoms. The highest BCUT2D eigenvalue weighted by Gasteiger charge is 2.21. The molecule has 0 atom stereocenters. The Hall–Kier alpha value is -2.69. The second kappa shape index (κ2) is 7.51. The molecule has 1 N–H and O–H groups in total. The molecule has 5 nitrogen and oxygen atoms in total. The average molecular weight is 365 g/mol. The molecule has 1 saturated carbocycles. The Labute approximate surface area is 160 Å². The van der Waals surface area contributed by atoms with Crippen molar-refractivity contribution in [1.82, 2.24) is 9.38 Å². The van der Waals surface area contributed by atoms with Crippen LogP contribution in [0.1, 0.15) is 37.7 Å². The molecule has 27 heavy (non-hydrogen) atoms. The molecule has 0 aliphatic heterocycles. The van der Waals surface area contributed by atoms with Gasteiger partial charge in [-0.1, -0.05) is 25.3 Å². The van der Waals surface area contributed by atoms with Crippen LogP contribution in [0, 0.1) is 6.92 Å². The van der Waals surface area contributed by atoms with Crippen LogP contribution in [0.25, 0.3) is 16.9 Å². The summed E-state index contributed by atoms with van der Waals surface area (Å²) in [5.41, 5.74) is 4.13. The lowest BCUT2D eigenvalue weighted by atomic mass is 9.95. The van der Waals surface area contributed by atoms with Gasteiger partial charge in [0, 0.05) is 17.8 Å². The lowest BCUT2D eigenvalue weighted by Crippen LogP contribution is -2.23. The van der Waals surface area contributed by atoms with Gasteiger partial charge in [-0.15, -0.1) is 0 Å². The van der Waals surface area contributed by atoms with E-state index in [1.165, 1.54) is 32.1 Å². The number of pyridine rings is 1. The molecule has 0 unspecified atom stereocenters. The Kier molecular flexibility index (Phi) is 4.92. The molecule has 3 aromatic rings. The minimum atomic E-state index is 0.498. The highest BCUT2D eigenvalue weighted by molar-refractivity contribution is 5.79. The summed E-state index contributed by atoms with van der Waals surface area (Å²) in [6.45, 7) is 2.10. The van der Waals surface area contributed by atoms with Gasteiger partial charge in [0.1, 0.15) is 17.2 Å². The molecule has 0 amide bonds. The van der Waals surface area contributed by atoms with E-state index in [-0.39, 0.29) is 0 Å². The van der Waals surface area contributed by atoms with Gasteiger partial charge in [-0.05, 0) is 49.6 Å². The molecule has 5 heteroatoms. The van der Waals surface area contributed by atoms with Crippen molar-refractivity contribution in [2.75, 3.05) is 19.5 Å². The highest BCUT2D eigenvalue weighted by atomic mass is 16.5. The number of hydrogen-bond donors (Lipinski definition) is 1. The number of rotatable bonds is 5. The Balaban J connectivity index is 1.83. The molecule has 4 rings (SSSR count). The van der Waals surface area contributed by atoms with Gasteiger partial charge < -0.3 is 14.8 Å². The average Bonchev–Trinajstić information content (AvgIpc) is 3.08. The summed E-state index contributed by atoms with van der Waals surface area (Å²) in [4.78, 5) is 4.98.